The van der Waals surface area contributed by atoms with Crippen molar-refractivity contribution >= 4 is 5.91 Å². The molecule has 0 fully saturated rings. The number of hydrogen-bond donors (Lipinski definition) is 2. The van der Waals surface area contributed by atoms with E-state index in [2.05, 4.69) is 17.2 Å². The molecule has 0 aliphatic rings. The Morgan fingerprint density at radius 3 is 2.44 bits per heavy atom. The highest BCUT2D eigenvalue weighted by molar-refractivity contribution is 5.94. The van der Waals surface area contributed by atoms with Crippen molar-refractivity contribution < 1.29 is 4.79 Å². The van der Waals surface area contributed by atoms with Gasteiger partial charge in [0.2, 0.25) is 0 Å². The first-order valence-electron chi connectivity index (χ1n) is 6.29. The zero-order valence-corrected chi connectivity index (χ0v) is 11.3. The van der Waals surface area contributed by atoms with Crippen molar-refractivity contribution in [2.45, 2.75) is 20.3 Å². The number of carbonyl (C=O) groups excluding carboxylic acids is 1. The van der Waals surface area contributed by atoms with Crippen molar-refractivity contribution in [3.05, 3.63) is 47.5 Å². The van der Waals surface area contributed by atoms with E-state index >= 15 is 0 Å². The zero-order chi connectivity index (χ0) is 13.4. The quantitative estimate of drug-likeness (QED) is 0.572. The number of carbonyl (C=O) groups is 1. The molecule has 0 unspecified atom stereocenters. The molecule has 18 heavy (non-hydrogen) atoms. The molecule has 0 aliphatic heterocycles. The number of hydrogen-bond acceptors (Lipinski definition) is 2. The van der Waals surface area contributed by atoms with Crippen LogP contribution in [0.4, 0.5) is 0 Å². The van der Waals surface area contributed by atoms with Crippen molar-refractivity contribution in [2.75, 3.05) is 19.6 Å². The lowest BCUT2D eigenvalue weighted by atomic mass is 10.1. The fraction of sp³-hybridized carbons (Fsp3) is 0.400. The van der Waals surface area contributed by atoms with Crippen LogP contribution in [-0.2, 0) is 0 Å². The Hall–Kier alpha value is -1.61. The fourth-order valence-corrected chi connectivity index (χ4v) is 1.50. The van der Waals surface area contributed by atoms with E-state index in [1.165, 1.54) is 5.57 Å². The first-order valence-corrected chi connectivity index (χ1v) is 6.29. The van der Waals surface area contributed by atoms with Crippen molar-refractivity contribution in [3.63, 3.8) is 0 Å². The van der Waals surface area contributed by atoms with Crippen LogP contribution in [0.1, 0.15) is 29.3 Å². The van der Waals surface area contributed by atoms with Gasteiger partial charge in [0, 0.05) is 18.7 Å². The highest BCUT2D eigenvalue weighted by Gasteiger charge is 2.03. The second kappa shape index (κ2) is 7.67. The Balaban J connectivity index is 2.17. The third kappa shape index (κ3) is 5.64. The van der Waals surface area contributed by atoms with Crippen LogP contribution in [0.3, 0.4) is 0 Å². The smallest absolute Gasteiger partial charge is 0.251 e. The van der Waals surface area contributed by atoms with E-state index in [1.54, 1.807) is 0 Å². The van der Waals surface area contributed by atoms with Crippen molar-refractivity contribution in [2.24, 2.45) is 0 Å². The number of nitrogens with one attached hydrogen (secondary N) is 2. The monoisotopic (exact) mass is 246 g/mol. The Bertz CT molecular complexity index is 395. The third-order valence-electron chi connectivity index (χ3n) is 2.63. The maximum Gasteiger partial charge on any atom is 0.251 e. The fourth-order valence-electron chi connectivity index (χ4n) is 1.50. The SMILES string of the molecule is C=C(C)CCNCCNC(=O)c1ccc(C)cc1. The first-order chi connectivity index (χ1) is 8.59. The summed E-state index contributed by atoms with van der Waals surface area (Å²) in [5.74, 6) is -0.0169. The van der Waals surface area contributed by atoms with Gasteiger partial charge >= 0.3 is 0 Å². The summed E-state index contributed by atoms with van der Waals surface area (Å²) in [6, 6.07) is 7.58. The summed E-state index contributed by atoms with van der Waals surface area (Å²) >= 11 is 0. The number of benzene rings is 1. The molecule has 1 aromatic rings. The van der Waals surface area contributed by atoms with Gasteiger partial charge < -0.3 is 10.6 Å². The zero-order valence-electron chi connectivity index (χ0n) is 11.3. The second-order valence-corrected chi connectivity index (χ2v) is 4.58. The minimum absolute atomic E-state index is 0.0169. The molecule has 0 aliphatic carbocycles. The lowest BCUT2D eigenvalue weighted by molar-refractivity contribution is 0.0954. The summed E-state index contributed by atoms with van der Waals surface area (Å²) in [6.07, 6.45) is 0.978. The number of aryl methyl sites for hydroxylation is 1. The van der Waals surface area contributed by atoms with E-state index in [4.69, 9.17) is 0 Å². The van der Waals surface area contributed by atoms with Crippen LogP contribution in [0, 0.1) is 6.92 Å². The third-order valence-corrected chi connectivity index (χ3v) is 2.63. The van der Waals surface area contributed by atoms with Gasteiger partial charge in [0.15, 0.2) is 0 Å². The summed E-state index contributed by atoms with van der Waals surface area (Å²) in [5.41, 5.74) is 3.04. The molecule has 3 nitrogen and oxygen atoms in total. The molecule has 98 valence electrons. The largest absolute Gasteiger partial charge is 0.351 e. The van der Waals surface area contributed by atoms with E-state index in [1.807, 2.05) is 38.1 Å². The lowest BCUT2D eigenvalue weighted by Crippen LogP contribution is -2.32. The van der Waals surface area contributed by atoms with Crippen LogP contribution >= 0.6 is 0 Å². The molecule has 0 atom stereocenters. The lowest BCUT2D eigenvalue weighted by Gasteiger charge is -2.07. The Morgan fingerprint density at radius 1 is 1.17 bits per heavy atom. The summed E-state index contributed by atoms with van der Waals surface area (Å²) < 4.78 is 0. The van der Waals surface area contributed by atoms with Gasteiger partial charge in [-0.1, -0.05) is 23.3 Å². The van der Waals surface area contributed by atoms with Crippen LogP contribution in [0.2, 0.25) is 0 Å². The van der Waals surface area contributed by atoms with Gasteiger partial charge in [-0.25, -0.2) is 0 Å². The molecule has 3 heteroatoms. The molecule has 0 saturated carbocycles. The molecule has 1 rings (SSSR count). The highest BCUT2D eigenvalue weighted by atomic mass is 16.1. The standard InChI is InChI=1S/C15H22N2O/c1-12(2)8-9-16-10-11-17-15(18)14-6-4-13(3)5-7-14/h4-7,16H,1,8-11H2,2-3H3,(H,17,18). The highest BCUT2D eigenvalue weighted by Crippen LogP contribution is 2.02. The molecule has 0 aromatic heterocycles. The van der Waals surface area contributed by atoms with Crippen molar-refractivity contribution in [1.82, 2.24) is 10.6 Å². The molecule has 0 saturated heterocycles. The molecule has 0 spiro atoms. The van der Waals surface area contributed by atoms with Crippen LogP contribution in [0.25, 0.3) is 0 Å². The summed E-state index contributed by atoms with van der Waals surface area (Å²) in [5, 5.41) is 6.14. The molecule has 1 amide bonds. The van der Waals surface area contributed by atoms with Crippen LogP contribution in [0.15, 0.2) is 36.4 Å². The maximum atomic E-state index is 11.7. The minimum atomic E-state index is -0.0169. The van der Waals surface area contributed by atoms with Crippen molar-refractivity contribution in [3.8, 4) is 0 Å². The van der Waals surface area contributed by atoms with Gasteiger partial charge in [-0.3, -0.25) is 4.79 Å². The van der Waals surface area contributed by atoms with Gasteiger partial charge in [0.1, 0.15) is 0 Å². The summed E-state index contributed by atoms with van der Waals surface area (Å²) in [6.45, 7) is 10.2. The molecule has 0 radical (unpaired) electrons. The van der Waals surface area contributed by atoms with Gasteiger partial charge in [-0.15, -0.1) is 6.58 Å². The van der Waals surface area contributed by atoms with Crippen LogP contribution in [-0.4, -0.2) is 25.5 Å². The average Bonchev–Trinajstić information content (AvgIpc) is 2.34. The maximum absolute atomic E-state index is 11.7. The van der Waals surface area contributed by atoms with Crippen LogP contribution < -0.4 is 10.6 Å². The molecule has 1 aromatic carbocycles. The minimum Gasteiger partial charge on any atom is -0.351 e. The van der Waals surface area contributed by atoms with E-state index in [0.29, 0.717) is 12.1 Å². The predicted molar refractivity (Wildman–Crippen MR) is 75.8 cm³/mol. The molecule has 0 heterocycles. The van der Waals surface area contributed by atoms with Gasteiger partial charge in [-0.05, 0) is 38.9 Å². The predicted octanol–water partition coefficient (Wildman–Crippen LogP) is 2.28. The normalized spacial score (nSPS) is 10.1. The Labute approximate surface area is 109 Å². The molecular weight excluding hydrogens is 224 g/mol. The number of amides is 1. The van der Waals surface area contributed by atoms with E-state index in [-0.39, 0.29) is 5.91 Å². The Morgan fingerprint density at radius 2 is 1.83 bits per heavy atom. The van der Waals surface area contributed by atoms with E-state index in [9.17, 15) is 4.79 Å². The number of rotatable bonds is 7. The summed E-state index contributed by atoms with van der Waals surface area (Å²) in [7, 11) is 0. The van der Waals surface area contributed by atoms with Gasteiger partial charge in [0.05, 0.1) is 0 Å². The molecule has 0 bridgehead atoms. The van der Waals surface area contributed by atoms with E-state index < -0.39 is 0 Å². The van der Waals surface area contributed by atoms with Gasteiger partial charge in [0.25, 0.3) is 5.91 Å². The summed E-state index contributed by atoms with van der Waals surface area (Å²) in [4.78, 5) is 11.7. The van der Waals surface area contributed by atoms with E-state index in [0.717, 1.165) is 25.1 Å². The first kappa shape index (κ1) is 14.5. The molecular formula is C15H22N2O. The topological polar surface area (TPSA) is 41.1 Å². The van der Waals surface area contributed by atoms with Crippen molar-refractivity contribution in [1.29, 1.82) is 0 Å². The van der Waals surface area contributed by atoms with Crippen LogP contribution in [0.5, 0.6) is 0 Å². The average molecular weight is 246 g/mol. The molecule has 2 N–H and O–H groups in total. The Kier molecular flexibility index (Phi) is 6.15. The van der Waals surface area contributed by atoms with Gasteiger partial charge in [-0.2, -0.15) is 0 Å². The second-order valence-electron chi connectivity index (χ2n) is 4.58.